The number of urea groups is 1. The standard InChI is InChI=1S/C21H18Cl2N2O4/c22-15-8-7-14(17(23)10-15)12-29-18(26)11-25-19(27)21(24-20(25)28)9-3-5-13-4-1-2-6-16(13)21/h1-2,4,6-8,10H,3,5,9,11-12H2,(H,24,28). The summed E-state index contributed by atoms with van der Waals surface area (Å²) in [6.45, 7) is -0.535. The molecule has 150 valence electrons. The molecule has 1 N–H and O–H groups in total. The van der Waals surface area contributed by atoms with Crippen LogP contribution >= 0.6 is 23.2 Å². The first kappa shape index (κ1) is 19.7. The Kier molecular flexibility index (Phi) is 5.23. The fourth-order valence-electron chi connectivity index (χ4n) is 3.93. The van der Waals surface area contributed by atoms with Gasteiger partial charge in [-0.1, -0.05) is 53.5 Å². The number of aryl methyl sites for hydroxylation is 1. The van der Waals surface area contributed by atoms with Crippen LogP contribution in [0.1, 0.15) is 29.5 Å². The number of carbonyl (C=O) groups excluding carboxylic acids is 3. The Morgan fingerprint density at radius 3 is 2.76 bits per heavy atom. The third kappa shape index (κ3) is 3.58. The maximum Gasteiger partial charge on any atom is 0.326 e. The van der Waals surface area contributed by atoms with Crippen molar-refractivity contribution in [3.63, 3.8) is 0 Å². The van der Waals surface area contributed by atoms with Gasteiger partial charge in [-0.2, -0.15) is 0 Å². The van der Waals surface area contributed by atoms with Gasteiger partial charge in [-0.25, -0.2) is 4.79 Å². The molecule has 0 bridgehead atoms. The van der Waals surface area contributed by atoms with Crippen molar-refractivity contribution < 1.29 is 19.1 Å². The number of hydrogen-bond donors (Lipinski definition) is 1. The fourth-order valence-corrected chi connectivity index (χ4v) is 4.39. The molecule has 1 fully saturated rings. The highest BCUT2D eigenvalue weighted by atomic mass is 35.5. The number of amides is 3. The molecule has 0 saturated carbocycles. The van der Waals surface area contributed by atoms with Gasteiger partial charge in [0, 0.05) is 15.6 Å². The smallest absolute Gasteiger partial charge is 0.326 e. The number of rotatable bonds is 4. The van der Waals surface area contributed by atoms with Crippen LogP contribution in [-0.4, -0.2) is 29.4 Å². The molecule has 8 heteroatoms. The summed E-state index contributed by atoms with van der Waals surface area (Å²) in [6, 6.07) is 11.8. The summed E-state index contributed by atoms with van der Waals surface area (Å²) < 4.78 is 5.21. The quantitative estimate of drug-likeness (QED) is 0.588. The van der Waals surface area contributed by atoms with Gasteiger partial charge in [-0.05, 0) is 42.5 Å². The molecule has 1 spiro atoms. The van der Waals surface area contributed by atoms with Crippen molar-refractivity contribution in [3.8, 4) is 0 Å². The lowest BCUT2D eigenvalue weighted by Crippen LogP contribution is -2.46. The maximum atomic E-state index is 13.2. The lowest BCUT2D eigenvalue weighted by Gasteiger charge is -2.33. The number of esters is 1. The number of ether oxygens (including phenoxy) is 1. The summed E-state index contributed by atoms with van der Waals surface area (Å²) in [5.74, 6) is -1.11. The second-order valence-corrected chi connectivity index (χ2v) is 7.98. The lowest BCUT2D eigenvalue weighted by molar-refractivity contribution is -0.149. The molecule has 6 nitrogen and oxygen atoms in total. The van der Waals surface area contributed by atoms with E-state index >= 15 is 0 Å². The van der Waals surface area contributed by atoms with Gasteiger partial charge in [0.1, 0.15) is 18.7 Å². The van der Waals surface area contributed by atoms with Crippen LogP contribution in [0, 0.1) is 0 Å². The Balaban J connectivity index is 1.47. The summed E-state index contributed by atoms with van der Waals surface area (Å²) >= 11 is 11.9. The first-order valence-electron chi connectivity index (χ1n) is 9.23. The Hall–Kier alpha value is -2.57. The Morgan fingerprint density at radius 2 is 1.97 bits per heavy atom. The number of hydrogen-bond acceptors (Lipinski definition) is 4. The van der Waals surface area contributed by atoms with Gasteiger partial charge >= 0.3 is 12.0 Å². The minimum absolute atomic E-state index is 0.0769. The van der Waals surface area contributed by atoms with E-state index in [0.717, 1.165) is 28.9 Å². The molecule has 0 aromatic heterocycles. The molecule has 1 saturated heterocycles. The Labute approximate surface area is 177 Å². The zero-order valence-corrected chi connectivity index (χ0v) is 16.9. The first-order chi connectivity index (χ1) is 13.9. The molecule has 4 rings (SSSR count). The summed E-state index contributed by atoms with van der Waals surface area (Å²) in [6.07, 6.45) is 2.13. The van der Waals surface area contributed by atoms with Crippen LogP contribution in [0.3, 0.4) is 0 Å². The highest BCUT2D eigenvalue weighted by Crippen LogP contribution is 2.39. The molecule has 3 amide bonds. The van der Waals surface area contributed by atoms with E-state index in [0.29, 0.717) is 22.0 Å². The van der Waals surface area contributed by atoms with E-state index in [-0.39, 0.29) is 6.61 Å². The molecule has 0 radical (unpaired) electrons. The normalized spacial score (nSPS) is 20.6. The highest BCUT2D eigenvalue weighted by molar-refractivity contribution is 6.35. The SMILES string of the molecule is O=C(CN1C(=O)NC2(CCCc3ccccc32)C1=O)OCc1ccc(Cl)cc1Cl. The van der Waals surface area contributed by atoms with Crippen LogP contribution in [0.4, 0.5) is 4.79 Å². The molecule has 2 aromatic rings. The van der Waals surface area contributed by atoms with Gasteiger partial charge in [0.15, 0.2) is 0 Å². The first-order valence-corrected chi connectivity index (χ1v) is 9.98. The van der Waals surface area contributed by atoms with Crippen molar-refractivity contribution in [2.24, 2.45) is 0 Å². The van der Waals surface area contributed by atoms with E-state index in [4.69, 9.17) is 27.9 Å². The molecular weight excluding hydrogens is 415 g/mol. The van der Waals surface area contributed by atoms with Gasteiger partial charge in [-0.3, -0.25) is 14.5 Å². The van der Waals surface area contributed by atoms with Crippen molar-refractivity contribution >= 4 is 41.1 Å². The third-order valence-electron chi connectivity index (χ3n) is 5.34. The van der Waals surface area contributed by atoms with Crippen LogP contribution in [0.15, 0.2) is 42.5 Å². The van der Waals surface area contributed by atoms with Gasteiger partial charge in [0.25, 0.3) is 5.91 Å². The van der Waals surface area contributed by atoms with E-state index < -0.39 is 30.0 Å². The number of carbonyl (C=O) groups is 3. The topological polar surface area (TPSA) is 75.7 Å². The van der Waals surface area contributed by atoms with Crippen molar-refractivity contribution in [1.29, 1.82) is 0 Å². The fraction of sp³-hybridized carbons (Fsp3) is 0.286. The number of halogens is 2. The van der Waals surface area contributed by atoms with Gasteiger partial charge in [0.05, 0.1) is 0 Å². The monoisotopic (exact) mass is 432 g/mol. The third-order valence-corrected chi connectivity index (χ3v) is 5.93. The highest BCUT2D eigenvalue weighted by Gasteiger charge is 2.54. The molecule has 29 heavy (non-hydrogen) atoms. The van der Waals surface area contributed by atoms with Crippen molar-refractivity contribution in [3.05, 3.63) is 69.2 Å². The zero-order chi connectivity index (χ0) is 20.6. The number of nitrogens with zero attached hydrogens (tertiary/aromatic N) is 1. The van der Waals surface area contributed by atoms with Crippen LogP contribution in [0.2, 0.25) is 10.0 Å². The summed E-state index contributed by atoms with van der Waals surface area (Å²) in [4.78, 5) is 38.9. The average molecular weight is 433 g/mol. The molecule has 1 unspecified atom stereocenters. The van der Waals surface area contributed by atoms with Gasteiger partial charge in [0.2, 0.25) is 0 Å². The number of nitrogens with one attached hydrogen (secondary N) is 1. The van der Waals surface area contributed by atoms with Crippen LogP contribution < -0.4 is 5.32 Å². The molecule has 2 aliphatic rings. The van der Waals surface area contributed by atoms with Gasteiger partial charge < -0.3 is 10.1 Å². The van der Waals surface area contributed by atoms with E-state index in [1.807, 2.05) is 24.3 Å². The van der Waals surface area contributed by atoms with Crippen molar-refractivity contribution in [2.75, 3.05) is 6.54 Å². The largest absolute Gasteiger partial charge is 0.459 e. The molecular formula is C21H18Cl2N2O4. The van der Waals surface area contributed by atoms with Crippen molar-refractivity contribution in [2.45, 2.75) is 31.4 Å². The Bertz CT molecular complexity index is 1010. The molecule has 1 atom stereocenters. The maximum absolute atomic E-state index is 13.2. The van der Waals surface area contributed by atoms with E-state index in [1.165, 1.54) is 0 Å². The molecule has 2 aromatic carbocycles. The molecule has 1 heterocycles. The van der Waals surface area contributed by atoms with E-state index in [1.54, 1.807) is 18.2 Å². The predicted octanol–water partition coefficient (Wildman–Crippen LogP) is 3.82. The van der Waals surface area contributed by atoms with E-state index in [9.17, 15) is 14.4 Å². The van der Waals surface area contributed by atoms with Crippen LogP contribution in [-0.2, 0) is 32.9 Å². The van der Waals surface area contributed by atoms with Crippen LogP contribution in [0.25, 0.3) is 0 Å². The summed E-state index contributed by atoms with van der Waals surface area (Å²) in [5, 5.41) is 3.66. The summed E-state index contributed by atoms with van der Waals surface area (Å²) in [5.41, 5.74) is 1.31. The second kappa shape index (κ2) is 7.69. The second-order valence-electron chi connectivity index (χ2n) is 7.13. The predicted molar refractivity (Wildman–Crippen MR) is 108 cm³/mol. The minimum Gasteiger partial charge on any atom is -0.459 e. The number of benzene rings is 2. The lowest BCUT2D eigenvalue weighted by atomic mass is 9.76. The average Bonchev–Trinajstić information content (AvgIpc) is 2.92. The minimum atomic E-state index is -1.11. The van der Waals surface area contributed by atoms with E-state index in [2.05, 4.69) is 5.32 Å². The molecule has 1 aliphatic carbocycles. The van der Waals surface area contributed by atoms with Gasteiger partial charge in [-0.15, -0.1) is 0 Å². The summed E-state index contributed by atoms with van der Waals surface area (Å²) in [7, 11) is 0. The Morgan fingerprint density at radius 1 is 1.17 bits per heavy atom. The zero-order valence-electron chi connectivity index (χ0n) is 15.4. The number of imide groups is 1. The van der Waals surface area contributed by atoms with Crippen molar-refractivity contribution in [1.82, 2.24) is 10.2 Å². The van der Waals surface area contributed by atoms with Crippen LogP contribution in [0.5, 0.6) is 0 Å². The number of fused-ring (bicyclic) bond motifs is 2. The molecule has 1 aliphatic heterocycles.